The van der Waals surface area contributed by atoms with Gasteiger partial charge in [0.25, 0.3) is 0 Å². The van der Waals surface area contributed by atoms with E-state index >= 15 is 0 Å². The van der Waals surface area contributed by atoms with Gasteiger partial charge in [0.05, 0.1) is 0 Å². The van der Waals surface area contributed by atoms with E-state index in [2.05, 4.69) is 26.9 Å². The van der Waals surface area contributed by atoms with Crippen LogP contribution in [0.1, 0.15) is 5.56 Å². The summed E-state index contributed by atoms with van der Waals surface area (Å²) >= 11 is 0. The van der Waals surface area contributed by atoms with E-state index in [0.29, 0.717) is 5.69 Å². The molecule has 5 nitrogen and oxygen atoms in total. The molecule has 0 radical (unpaired) electrons. The van der Waals surface area contributed by atoms with Crippen molar-refractivity contribution in [3.8, 4) is 0 Å². The standard InChI is InChI=1S/C16H22F3N3O2/c1-12-9-13(22-7-5-21(2)6-8-22)3-4-14(12)20-15(23)10-24-11-16(17,18)19/h3-4,9H,5-8,10-11H2,1-2H3,(H,20,23). The number of alkyl halides is 3. The van der Waals surface area contributed by atoms with Crippen LogP contribution in [-0.2, 0) is 9.53 Å². The average molecular weight is 345 g/mol. The maximum atomic E-state index is 12.0. The quantitative estimate of drug-likeness (QED) is 0.889. The lowest BCUT2D eigenvalue weighted by Crippen LogP contribution is -2.44. The molecule has 0 spiro atoms. The van der Waals surface area contributed by atoms with Gasteiger partial charge in [0.2, 0.25) is 5.91 Å². The molecule has 2 rings (SSSR count). The molecule has 8 heteroatoms. The molecule has 1 aromatic carbocycles. The van der Waals surface area contributed by atoms with Gasteiger partial charge in [-0.15, -0.1) is 0 Å². The third-order valence-electron chi connectivity index (χ3n) is 3.85. The Labute approximate surface area is 139 Å². The van der Waals surface area contributed by atoms with Crippen LogP contribution in [0.3, 0.4) is 0 Å². The Morgan fingerprint density at radius 1 is 1.25 bits per heavy atom. The summed E-state index contributed by atoms with van der Waals surface area (Å²) in [5.41, 5.74) is 2.51. The number of amides is 1. The predicted octanol–water partition coefficient (Wildman–Crippen LogP) is 2.26. The number of hydrogen-bond acceptors (Lipinski definition) is 4. The van der Waals surface area contributed by atoms with E-state index in [1.54, 1.807) is 6.07 Å². The zero-order valence-corrected chi connectivity index (χ0v) is 13.8. The van der Waals surface area contributed by atoms with Gasteiger partial charge in [-0.05, 0) is 37.7 Å². The molecule has 1 aliphatic rings. The van der Waals surface area contributed by atoms with Crippen molar-refractivity contribution < 1.29 is 22.7 Å². The first-order valence-electron chi connectivity index (χ1n) is 7.73. The van der Waals surface area contributed by atoms with Crippen LogP contribution in [-0.4, -0.2) is 63.4 Å². The van der Waals surface area contributed by atoms with Crippen molar-refractivity contribution in [3.63, 3.8) is 0 Å². The van der Waals surface area contributed by atoms with Crippen LogP contribution in [0, 0.1) is 6.92 Å². The van der Waals surface area contributed by atoms with Crippen LogP contribution in [0.15, 0.2) is 18.2 Å². The molecule has 0 bridgehead atoms. The lowest BCUT2D eigenvalue weighted by atomic mass is 10.1. The van der Waals surface area contributed by atoms with Gasteiger partial charge in [-0.1, -0.05) is 0 Å². The molecule has 1 fully saturated rings. The molecule has 0 unspecified atom stereocenters. The Hall–Kier alpha value is -1.80. The Morgan fingerprint density at radius 3 is 2.50 bits per heavy atom. The fourth-order valence-electron chi connectivity index (χ4n) is 2.50. The van der Waals surface area contributed by atoms with E-state index in [1.807, 2.05) is 19.1 Å². The fourth-order valence-corrected chi connectivity index (χ4v) is 2.50. The lowest BCUT2D eigenvalue weighted by molar-refractivity contribution is -0.174. The molecule has 0 atom stereocenters. The van der Waals surface area contributed by atoms with E-state index < -0.39 is 25.3 Å². The fraction of sp³-hybridized carbons (Fsp3) is 0.562. The molecular weight excluding hydrogens is 323 g/mol. The molecule has 1 amide bonds. The first-order valence-corrected chi connectivity index (χ1v) is 7.73. The summed E-state index contributed by atoms with van der Waals surface area (Å²) in [5, 5.41) is 2.58. The van der Waals surface area contributed by atoms with Crippen LogP contribution >= 0.6 is 0 Å². The molecule has 0 saturated carbocycles. The highest BCUT2D eigenvalue weighted by Crippen LogP contribution is 2.23. The Bertz CT molecular complexity index is 570. The predicted molar refractivity (Wildman–Crippen MR) is 86.4 cm³/mol. The molecule has 1 heterocycles. The Balaban J connectivity index is 1.89. The van der Waals surface area contributed by atoms with Crippen molar-refractivity contribution in [2.75, 3.05) is 56.7 Å². The minimum absolute atomic E-state index is 0.577. The number of carbonyl (C=O) groups is 1. The zero-order valence-electron chi connectivity index (χ0n) is 13.8. The number of anilines is 2. The van der Waals surface area contributed by atoms with Gasteiger partial charge < -0.3 is 19.9 Å². The van der Waals surface area contributed by atoms with E-state index in [1.165, 1.54) is 0 Å². The summed E-state index contributed by atoms with van der Waals surface area (Å²) in [7, 11) is 2.09. The van der Waals surface area contributed by atoms with Crippen LogP contribution < -0.4 is 10.2 Å². The summed E-state index contributed by atoms with van der Waals surface area (Å²) in [4.78, 5) is 16.2. The zero-order chi connectivity index (χ0) is 17.7. The van der Waals surface area contributed by atoms with Gasteiger partial charge in [-0.2, -0.15) is 13.2 Å². The molecule has 0 aliphatic carbocycles. The second kappa shape index (κ2) is 7.85. The van der Waals surface area contributed by atoms with Crippen molar-refractivity contribution in [2.45, 2.75) is 13.1 Å². The molecule has 0 aromatic heterocycles. The van der Waals surface area contributed by atoms with E-state index in [4.69, 9.17) is 0 Å². The molecule has 24 heavy (non-hydrogen) atoms. The molecule has 1 aromatic rings. The average Bonchev–Trinajstić information content (AvgIpc) is 2.49. The summed E-state index contributed by atoms with van der Waals surface area (Å²) < 4.78 is 40.3. The number of likely N-dealkylation sites (N-methyl/N-ethyl adjacent to an activating group) is 1. The van der Waals surface area contributed by atoms with Crippen molar-refractivity contribution >= 4 is 17.3 Å². The second-order valence-electron chi connectivity index (χ2n) is 5.95. The first-order chi connectivity index (χ1) is 11.2. The van der Waals surface area contributed by atoms with Crippen LogP contribution in [0.25, 0.3) is 0 Å². The maximum Gasteiger partial charge on any atom is 0.411 e. The summed E-state index contributed by atoms with van der Waals surface area (Å²) in [6, 6.07) is 5.65. The van der Waals surface area contributed by atoms with Gasteiger partial charge >= 0.3 is 6.18 Å². The van der Waals surface area contributed by atoms with Gasteiger partial charge in [0.15, 0.2) is 0 Å². The number of nitrogens with one attached hydrogen (secondary N) is 1. The van der Waals surface area contributed by atoms with Crippen molar-refractivity contribution in [1.29, 1.82) is 0 Å². The molecule has 134 valence electrons. The molecule has 1 N–H and O–H groups in total. The summed E-state index contributed by atoms with van der Waals surface area (Å²) in [6.45, 7) is 3.66. The number of aryl methyl sites for hydroxylation is 1. The van der Waals surface area contributed by atoms with Gasteiger partial charge in [0, 0.05) is 37.6 Å². The third-order valence-corrected chi connectivity index (χ3v) is 3.85. The third kappa shape index (κ3) is 5.68. The topological polar surface area (TPSA) is 44.8 Å². The van der Waals surface area contributed by atoms with E-state index in [-0.39, 0.29) is 0 Å². The molecule has 1 saturated heterocycles. The van der Waals surface area contributed by atoms with Gasteiger partial charge in [-0.3, -0.25) is 4.79 Å². The number of rotatable bonds is 5. The number of benzene rings is 1. The lowest BCUT2D eigenvalue weighted by Gasteiger charge is -2.34. The summed E-state index contributed by atoms with van der Waals surface area (Å²) in [5.74, 6) is -0.602. The first kappa shape index (κ1) is 18.5. The number of ether oxygens (including phenoxy) is 1. The minimum atomic E-state index is -4.43. The second-order valence-corrected chi connectivity index (χ2v) is 5.95. The van der Waals surface area contributed by atoms with E-state index in [0.717, 1.165) is 37.4 Å². The monoisotopic (exact) mass is 345 g/mol. The van der Waals surface area contributed by atoms with Crippen LogP contribution in [0.4, 0.5) is 24.5 Å². The normalized spacial score (nSPS) is 16.3. The molecule has 1 aliphatic heterocycles. The number of piperazine rings is 1. The number of halogens is 3. The van der Waals surface area contributed by atoms with Gasteiger partial charge in [-0.25, -0.2) is 0 Å². The maximum absolute atomic E-state index is 12.0. The highest BCUT2D eigenvalue weighted by molar-refractivity contribution is 5.92. The highest BCUT2D eigenvalue weighted by atomic mass is 19.4. The van der Waals surface area contributed by atoms with Gasteiger partial charge in [0.1, 0.15) is 13.2 Å². The highest BCUT2D eigenvalue weighted by Gasteiger charge is 2.27. The van der Waals surface area contributed by atoms with Crippen LogP contribution in [0.5, 0.6) is 0 Å². The van der Waals surface area contributed by atoms with E-state index in [9.17, 15) is 18.0 Å². The SMILES string of the molecule is Cc1cc(N2CCN(C)CC2)ccc1NC(=O)COCC(F)(F)F. The molecular formula is C16H22F3N3O2. The van der Waals surface area contributed by atoms with Crippen molar-refractivity contribution in [3.05, 3.63) is 23.8 Å². The summed E-state index contributed by atoms with van der Waals surface area (Å²) in [6.07, 6.45) is -4.43. The number of carbonyl (C=O) groups excluding carboxylic acids is 1. The number of nitrogens with zero attached hydrogens (tertiary/aromatic N) is 2. The Kier molecular flexibility index (Phi) is 6.06. The van der Waals surface area contributed by atoms with Crippen molar-refractivity contribution in [1.82, 2.24) is 4.90 Å². The number of hydrogen-bond donors (Lipinski definition) is 1. The largest absolute Gasteiger partial charge is 0.411 e. The Morgan fingerprint density at radius 2 is 1.92 bits per heavy atom. The van der Waals surface area contributed by atoms with Crippen LogP contribution in [0.2, 0.25) is 0 Å². The minimum Gasteiger partial charge on any atom is -0.369 e. The smallest absolute Gasteiger partial charge is 0.369 e. The van der Waals surface area contributed by atoms with Crippen molar-refractivity contribution in [2.24, 2.45) is 0 Å².